The van der Waals surface area contributed by atoms with Gasteiger partial charge in [-0.15, -0.1) is 0 Å². The first kappa shape index (κ1) is 17.4. The van der Waals surface area contributed by atoms with Crippen molar-refractivity contribution in [3.8, 4) is 0 Å². The fraction of sp³-hybridized carbons (Fsp3) is 0.667. The molecule has 21 heavy (non-hydrogen) atoms. The highest BCUT2D eigenvalue weighted by Crippen LogP contribution is 2.09. The third kappa shape index (κ3) is 6.08. The molecule has 1 aromatic heterocycles. The van der Waals surface area contributed by atoms with Crippen LogP contribution in [0.2, 0.25) is 0 Å². The minimum Gasteiger partial charge on any atom is -0.391 e. The molecule has 0 aliphatic rings. The van der Waals surface area contributed by atoms with E-state index in [0.717, 1.165) is 11.3 Å². The number of rotatable bonds is 7. The monoisotopic (exact) mass is 295 g/mol. The lowest BCUT2D eigenvalue weighted by atomic mass is 10.1. The Morgan fingerprint density at radius 1 is 1.38 bits per heavy atom. The topological polar surface area (TPSA) is 95.1 Å². The molecule has 0 spiro atoms. The molecule has 1 amide bonds. The minimum absolute atomic E-state index is 0.109. The predicted molar refractivity (Wildman–Crippen MR) is 81.1 cm³/mol. The smallest absolute Gasteiger partial charge is 0.345 e. The second-order valence-corrected chi connectivity index (χ2v) is 5.82. The molecule has 118 valence electrons. The van der Waals surface area contributed by atoms with Crippen molar-refractivity contribution in [2.24, 2.45) is 5.92 Å². The van der Waals surface area contributed by atoms with E-state index in [-0.39, 0.29) is 18.1 Å². The van der Waals surface area contributed by atoms with Crippen molar-refractivity contribution in [1.29, 1.82) is 0 Å². The van der Waals surface area contributed by atoms with Gasteiger partial charge in [-0.25, -0.2) is 4.79 Å². The van der Waals surface area contributed by atoms with Crippen LogP contribution in [0.5, 0.6) is 0 Å². The predicted octanol–water partition coefficient (Wildman–Crippen LogP) is 0.843. The molecular weight excluding hydrogens is 270 g/mol. The molecule has 0 aromatic carbocycles. The van der Waals surface area contributed by atoms with E-state index in [0.29, 0.717) is 30.9 Å². The highest BCUT2D eigenvalue weighted by Gasteiger charge is 2.11. The van der Waals surface area contributed by atoms with Gasteiger partial charge in [0.15, 0.2) is 0 Å². The number of hydrogen-bond acceptors (Lipinski definition) is 4. The van der Waals surface area contributed by atoms with Gasteiger partial charge in [-0.1, -0.05) is 13.8 Å². The van der Waals surface area contributed by atoms with Crippen molar-refractivity contribution in [2.45, 2.75) is 53.1 Å². The van der Waals surface area contributed by atoms with Crippen LogP contribution in [0.1, 0.15) is 43.6 Å². The molecule has 1 rings (SSSR count). The Labute approximate surface area is 125 Å². The van der Waals surface area contributed by atoms with E-state index in [1.165, 1.54) is 0 Å². The number of nitrogens with zero attached hydrogens (tertiary/aromatic N) is 1. The highest BCUT2D eigenvalue weighted by molar-refractivity contribution is 5.76. The molecular formula is C15H25N3O3. The number of carbonyl (C=O) groups is 1. The fourth-order valence-corrected chi connectivity index (χ4v) is 2.31. The number of aromatic nitrogens is 2. The van der Waals surface area contributed by atoms with Crippen LogP contribution in [-0.2, 0) is 11.2 Å². The Morgan fingerprint density at radius 3 is 2.62 bits per heavy atom. The Hall–Kier alpha value is -1.69. The van der Waals surface area contributed by atoms with Gasteiger partial charge in [-0.3, -0.25) is 4.79 Å². The minimum atomic E-state index is -0.507. The van der Waals surface area contributed by atoms with Gasteiger partial charge in [0.05, 0.1) is 6.10 Å². The van der Waals surface area contributed by atoms with Crippen LogP contribution in [0.25, 0.3) is 0 Å². The lowest BCUT2D eigenvalue weighted by molar-refractivity contribution is -0.121. The number of aliphatic hydroxyl groups is 1. The molecule has 0 bridgehead atoms. The maximum absolute atomic E-state index is 11.8. The van der Waals surface area contributed by atoms with Gasteiger partial charge >= 0.3 is 5.69 Å². The van der Waals surface area contributed by atoms with E-state index in [1.807, 2.05) is 13.8 Å². The molecule has 3 N–H and O–H groups in total. The van der Waals surface area contributed by atoms with Crippen LogP contribution in [0.15, 0.2) is 4.79 Å². The first-order chi connectivity index (χ1) is 9.79. The number of aromatic amines is 1. The third-order valence-corrected chi connectivity index (χ3v) is 3.33. The summed E-state index contributed by atoms with van der Waals surface area (Å²) in [5.41, 5.74) is 1.94. The largest absolute Gasteiger partial charge is 0.391 e. The maximum Gasteiger partial charge on any atom is 0.345 e. The summed E-state index contributed by atoms with van der Waals surface area (Å²) < 4.78 is 0. The number of carbonyl (C=O) groups excluding carboxylic acids is 1. The van der Waals surface area contributed by atoms with Crippen LogP contribution in [0.3, 0.4) is 0 Å². The van der Waals surface area contributed by atoms with Crippen molar-refractivity contribution in [3.63, 3.8) is 0 Å². The Morgan fingerprint density at radius 2 is 2.05 bits per heavy atom. The number of H-pyrrole nitrogens is 1. The summed E-state index contributed by atoms with van der Waals surface area (Å²) in [4.78, 5) is 29.4. The summed E-state index contributed by atoms with van der Waals surface area (Å²) in [7, 11) is 0. The van der Waals surface area contributed by atoms with Crippen LogP contribution in [0.4, 0.5) is 0 Å². The lowest BCUT2D eigenvalue weighted by Gasteiger charge is -2.14. The molecule has 1 unspecified atom stereocenters. The van der Waals surface area contributed by atoms with Crippen molar-refractivity contribution in [3.05, 3.63) is 27.4 Å². The molecule has 0 saturated heterocycles. The molecule has 0 saturated carbocycles. The van der Waals surface area contributed by atoms with E-state index in [2.05, 4.69) is 15.3 Å². The first-order valence-electron chi connectivity index (χ1n) is 7.30. The molecule has 6 heteroatoms. The summed E-state index contributed by atoms with van der Waals surface area (Å²) in [5, 5.41) is 12.4. The number of aryl methyl sites for hydroxylation is 2. The summed E-state index contributed by atoms with van der Waals surface area (Å²) in [6.07, 6.45) is 0.992. The van der Waals surface area contributed by atoms with E-state index >= 15 is 0 Å². The zero-order valence-electron chi connectivity index (χ0n) is 13.2. The Kier molecular flexibility index (Phi) is 6.55. The SMILES string of the molecule is Cc1nc(=O)[nH]c(C)c1CCC(=O)NCC(O)CC(C)C. The average Bonchev–Trinajstić information content (AvgIpc) is 2.34. The summed E-state index contributed by atoms with van der Waals surface area (Å²) in [6.45, 7) is 7.90. The summed E-state index contributed by atoms with van der Waals surface area (Å²) >= 11 is 0. The van der Waals surface area contributed by atoms with Crippen molar-refractivity contribution >= 4 is 5.91 Å². The molecule has 1 atom stereocenters. The molecule has 0 radical (unpaired) electrons. The van der Waals surface area contributed by atoms with Gasteiger partial charge in [-0.05, 0) is 38.2 Å². The van der Waals surface area contributed by atoms with Gasteiger partial charge < -0.3 is 15.4 Å². The molecule has 0 fully saturated rings. The Bertz CT molecular complexity index is 511. The van der Waals surface area contributed by atoms with Crippen molar-refractivity contribution in [1.82, 2.24) is 15.3 Å². The van der Waals surface area contributed by atoms with Gasteiger partial charge in [-0.2, -0.15) is 4.98 Å². The number of hydrogen-bond donors (Lipinski definition) is 3. The van der Waals surface area contributed by atoms with Crippen LogP contribution in [0, 0.1) is 19.8 Å². The van der Waals surface area contributed by atoms with E-state index < -0.39 is 6.10 Å². The molecule has 6 nitrogen and oxygen atoms in total. The number of amides is 1. The van der Waals surface area contributed by atoms with Crippen LogP contribution < -0.4 is 11.0 Å². The van der Waals surface area contributed by atoms with E-state index in [4.69, 9.17) is 0 Å². The quantitative estimate of drug-likeness (QED) is 0.694. The molecule has 1 heterocycles. The van der Waals surface area contributed by atoms with Gasteiger partial charge in [0, 0.05) is 24.4 Å². The highest BCUT2D eigenvalue weighted by atomic mass is 16.3. The normalized spacial score (nSPS) is 12.5. The van der Waals surface area contributed by atoms with Crippen LogP contribution in [-0.4, -0.2) is 33.6 Å². The van der Waals surface area contributed by atoms with Crippen LogP contribution >= 0.6 is 0 Å². The standard InChI is InChI=1S/C15H25N3O3/c1-9(2)7-12(19)8-16-14(20)6-5-13-10(3)17-15(21)18-11(13)4/h9,12,19H,5-8H2,1-4H3,(H,16,20)(H,17,18,21). The first-order valence-corrected chi connectivity index (χ1v) is 7.30. The third-order valence-electron chi connectivity index (χ3n) is 3.33. The second kappa shape index (κ2) is 7.93. The number of nitrogens with one attached hydrogen (secondary N) is 2. The van der Waals surface area contributed by atoms with Crippen molar-refractivity contribution in [2.75, 3.05) is 6.54 Å². The fourth-order valence-electron chi connectivity index (χ4n) is 2.31. The molecule has 0 aliphatic heterocycles. The maximum atomic E-state index is 11.8. The zero-order chi connectivity index (χ0) is 16.0. The van der Waals surface area contributed by atoms with Gasteiger partial charge in [0.1, 0.15) is 0 Å². The number of aliphatic hydroxyl groups excluding tert-OH is 1. The average molecular weight is 295 g/mol. The summed E-state index contributed by atoms with van der Waals surface area (Å²) in [5.74, 6) is 0.289. The van der Waals surface area contributed by atoms with E-state index in [1.54, 1.807) is 13.8 Å². The molecule has 0 aliphatic carbocycles. The van der Waals surface area contributed by atoms with E-state index in [9.17, 15) is 14.7 Å². The Balaban J connectivity index is 2.45. The van der Waals surface area contributed by atoms with Gasteiger partial charge in [0.2, 0.25) is 5.91 Å². The van der Waals surface area contributed by atoms with Gasteiger partial charge in [0.25, 0.3) is 0 Å². The zero-order valence-corrected chi connectivity index (χ0v) is 13.2. The summed E-state index contributed by atoms with van der Waals surface area (Å²) in [6, 6.07) is 0. The lowest BCUT2D eigenvalue weighted by Crippen LogP contribution is -2.33. The molecule has 1 aromatic rings. The van der Waals surface area contributed by atoms with Crippen molar-refractivity contribution < 1.29 is 9.90 Å². The second-order valence-electron chi connectivity index (χ2n) is 5.82.